The maximum Gasteiger partial charge on any atom is 0.258 e. The standard InChI is InChI=1S/C32H21Cl2F5N2O6S/c1-47-17-6-2-5-15(26(17)42)19-13-7-8-14-18(28(44)40(27(14)43)11-12-4-3-9-48-12)16(13)10-31(33)29(45)41(30(46)32(19,31)34)25-23(38)21(36)20(35)22(37)24(25)39/h2-7,9,14,16,18-19,42H,8,10-11H2,1H3/t14-,16+,18-,19+,31+,32-/m0/s1. The van der Waals surface area contributed by atoms with Gasteiger partial charge < -0.3 is 9.84 Å². The zero-order valence-electron chi connectivity index (χ0n) is 24.4. The van der Waals surface area contributed by atoms with Crippen molar-refractivity contribution in [2.24, 2.45) is 17.8 Å². The van der Waals surface area contributed by atoms with E-state index < -0.39 is 104 Å². The lowest BCUT2D eigenvalue weighted by Crippen LogP contribution is -2.60. The van der Waals surface area contributed by atoms with Gasteiger partial charge in [0.25, 0.3) is 11.8 Å². The average molecular weight is 727 g/mol. The van der Waals surface area contributed by atoms with Crippen LogP contribution in [0.1, 0.15) is 29.2 Å². The van der Waals surface area contributed by atoms with Crippen LogP contribution >= 0.6 is 34.5 Å². The third-order valence-electron chi connectivity index (χ3n) is 9.77. The fraction of sp³-hybridized carbons (Fsp3) is 0.312. The number of carbonyl (C=O) groups is 4. The largest absolute Gasteiger partial charge is 0.504 e. The number of aromatic hydroxyl groups is 1. The molecule has 3 fully saturated rings. The number of hydrogen-bond donors (Lipinski definition) is 1. The number of allylic oxidation sites excluding steroid dienone is 2. The number of para-hydroxylation sites is 1. The van der Waals surface area contributed by atoms with E-state index in [4.69, 9.17) is 27.9 Å². The maximum atomic E-state index is 15.2. The molecule has 0 radical (unpaired) electrons. The molecular formula is C32H21Cl2F5N2O6S. The van der Waals surface area contributed by atoms with Crippen LogP contribution in [0, 0.1) is 46.8 Å². The zero-order chi connectivity index (χ0) is 34.6. The smallest absolute Gasteiger partial charge is 0.258 e. The number of phenols is 1. The molecule has 7 rings (SSSR count). The maximum absolute atomic E-state index is 15.2. The fourth-order valence-electron chi connectivity index (χ4n) is 7.63. The fourth-order valence-corrected chi connectivity index (χ4v) is 9.25. The number of halogens is 7. The number of ether oxygens (including phenoxy) is 1. The Morgan fingerprint density at radius 1 is 0.917 bits per heavy atom. The van der Waals surface area contributed by atoms with E-state index in [1.165, 1.54) is 36.6 Å². The van der Waals surface area contributed by atoms with Crippen molar-refractivity contribution >= 4 is 63.9 Å². The van der Waals surface area contributed by atoms with Gasteiger partial charge >= 0.3 is 0 Å². The Bertz CT molecular complexity index is 1970. The summed E-state index contributed by atoms with van der Waals surface area (Å²) >= 11 is 15.5. The molecule has 250 valence electrons. The third-order valence-corrected chi connectivity index (χ3v) is 12.0. The molecule has 0 bridgehead atoms. The Morgan fingerprint density at radius 2 is 1.58 bits per heavy atom. The first-order valence-electron chi connectivity index (χ1n) is 14.4. The molecule has 3 aromatic rings. The van der Waals surface area contributed by atoms with E-state index in [9.17, 15) is 37.5 Å². The van der Waals surface area contributed by atoms with Gasteiger partial charge in [-0.1, -0.05) is 29.8 Å². The van der Waals surface area contributed by atoms with Gasteiger partial charge in [-0.05, 0) is 36.3 Å². The minimum absolute atomic E-state index is 0.0189. The number of alkyl halides is 2. The van der Waals surface area contributed by atoms with Crippen molar-refractivity contribution in [3.8, 4) is 11.5 Å². The minimum Gasteiger partial charge on any atom is -0.504 e. The van der Waals surface area contributed by atoms with Crippen LogP contribution < -0.4 is 9.64 Å². The highest BCUT2D eigenvalue weighted by Gasteiger charge is 2.77. The van der Waals surface area contributed by atoms with Crippen molar-refractivity contribution < 1.29 is 51.0 Å². The van der Waals surface area contributed by atoms with Crippen molar-refractivity contribution in [1.29, 1.82) is 0 Å². The highest BCUT2D eigenvalue weighted by atomic mass is 35.5. The van der Waals surface area contributed by atoms with Crippen molar-refractivity contribution in [3.63, 3.8) is 0 Å². The van der Waals surface area contributed by atoms with Gasteiger partial charge in [-0.2, -0.15) is 0 Å². The topological polar surface area (TPSA) is 104 Å². The molecule has 3 heterocycles. The molecule has 2 saturated heterocycles. The monoisotopic (exact) mass is 726 g/mol. The number of thiophene rings is 1. The van der Waals surface area contributed by atoms with E-state index >= 15 is 8.78 Å². The zero-order valence-corrected chi connectivity index (χ0v) is 26.7. The summed E-state index contributed by atoms with van der Waals surface area (Å²) in [6, 6.07) is 7.59. The van der Waals surface area contributed by atoms with E-state index in [-0.39, 0.29) is 34.8 Å². The first-order valence-corrected chi connectivity index (χ1v) is 16.1. The first-order chi connectivity index (χ1) is 22.7. The van der Waals surface area contributed by atoms with Crippen LogP contribution in [0.2, 0.25) is 0 Å². The van der Waals surface area contributed by atoms with Crippen LogP contribution in [0.3, 0.4) is 0 Å². The molecule has 2 aliphatic heterocycles. The predicted octanol–water partition coefficient (Wildman–Crippen LogP) is 5.92. The van der Waals surface area contributed by atoms with E-state index in [2.05, 4.69) is 0 Å². The lowest BCUT2D eigenvalue weighted by Gasteiger charge is -2.50. The third kappa shape index (κ3) is 4.05. The average Bonchev–Trinajstić information content (AvgIpc) is 3.71. The first kappa shape index (κ1) is 32.5. The van der Waals surface area contributed by atoms with Gasteiger partial charge in [0.15, 0.2) is 44.5 Å². The van der Waals surface area contributed by atoms with Gasteiger partial charge in [0.2, 0.25) is 17.6 Å². The van der Waals surface area contributed by atoms with Crippen LogP contribution in [0.25, 0.3) is 0 Å². The summed E-state index contributed by atoms with van der Waals surface area (Å²) in [5, 5.41) is 13.1. The second-order valence-electron chi connectivity index (χ2n) is 11.9. The van der Waals surface area contributed by atoms with Crippen LogP contribution in [0.5, 0.6) is 11.5 Å². The number of imide groups is 2. The predicted molar refractivity (Wildman–Crippen MR) is 161 cm³/mol. The van der Waals surface area contributed by atoms with Gasteiger partial charge in [-0.15, -0.1) is 34.5 Å². The quantitative estimate of drug-likeness (QED) is 0.0875. The van der Waals surface area contributed by atoms with Crippen molar-refractivity contribution in [2.75, 3.05) is 12.0 Å². The number of phenolic OH excluding ortho intramolecular Hbond substituents is 1. The number of hydrogen-bond acceptors (Lipinski definition) is 7. The molecule has 6 atom stereocenters. The van der Waals surface area contributed by atoms with Crippen LogP contribution in [-0.2, 0) is 25.7 Å². The van der Waals surface area contributed by atoms with Crippen LogP contribution in [-0.4, -0.2) is 50.5 Å². The molecule has 2 aliphatic carbocycles. The summed E-state index contributed by atoms with van der Waals surface area (Å²) in [6.07, 6.45) is 0.887. The molecule has 48 heavy (non-hydrogen) atoms. The molecule has 8 nitrogen and oxygen atoms in total. The number of fused-ring (bicyclic) bond motifs is 4. The highest BCUT2D eigenvalue weighted by Crippen LogP contribution is 2.67. The number of likely N-dealkylation sites (tertiary alicyclic amines) is 1. The number of nitrogens with zero attached hydrogens (tertiary/aromatic N) is 2. The molecular weight excluding hydrogens is 706 g/mol. The summed E-state index contributed by atoms with van der Waals surface area (Å²) in [5.74, 6) is -22.1. The van der Waals surface area contributed by atoms with E-state index in [1.54, 1.807) is 23.6 Å². The minimum atomic E-state index is -2.76. The summed E-state index contributed by atoms with van der Waals surface area (Å²) in [5.41, 5.74) is -1.81. The van der Waals surface area contributed by atoms with Gasteiger partial charge in [-0.3, -0.25) is 24.1 Å². The number of methoxy groups -OCH3 is 1. The Kier molecular flexibility index (Phi) is 7.46. The second-order valence-corrected chi connectivity index (χ2v) is 14.2. The molecule has 1 saturated carbocycles. The van der Waals surface area contributed by atoms with Crippen LogP contribution in [0.4, 0.5) is 27.6 Å². The van der Waals surface area contributed by atoms with Gasteiger partial charge in [0, 0.05) is 16.4 Å². The number of carbonyl (C=O) groups excluding carboxylic acids is 4. The summed E-state index contributed by atoms with van der Waals surface area (Å²) in [7, 11) is 1.23. The molecule has 4 amide bonds. The molecule has 0 unspecified atom stereocenters. The van der Waals surface area contributed by atoms with E-state index in [0.29, 0.717) is 0 Å². The van der Waals surface area contributed by atoms with Gasteiger partial charge in [0.05, 0.1) is 25.5 Å². The molecule has 0 spiro atoms. The second kappa shape index (κ2) is 11.0. The molecule has 4 aliphatic rings. The Labute approximate surface area is 282 Å². The normalized spacial score (nSPS) is 29.6. The molecule has 1 N–H and O–H groups in total. The molecule has 16 heteroatoms. The number of rotatable bonds is 5. The lowest BCUT2D eigenvalue weighted by atomic mass is 9.56. The number of anilines is 1. The van der Waals surface area contributed by atoms with Crippen LogP contribution in [0.15, 0.2) is 47.4 Å². The number of amides is 4. The molecule has 2 aromatic carbocycles. The summed E-state index contributed by atoms with van der Waals surface area (Å²) < 4.78 is 78.3. The number of benzene rings is 2. The highest BCUT2D eigenvalue weighted by molar-refractivity contribution is 7.09. The van der Waals surface area contributed by atoms with Gasteiger partial charge in [0.1, 0.15) is 5.69 Å². The van der Waals surface area contributed by atoms with Crippen molar-refractivity contribution in [2.45, 2.75) is 35.1 Å². The summed E-state index contributed by atoms with van der Waals surface area (Å²) in [4.78, 5) is 52.2. The summed E-state index contributed by atoms with van der Waals surface area (Å²) in [6.45, 7) is -0.0264. The lowest BCUT2D eigenvalue weighted by molar-refractivity contribution is -0.141. The van der Waals surface area contributed by atoms with Crippen molar-refractivity contribution in [1.82, 2.24) is 4.90 Å². The van der Waals surface area contributed by atoms with E-state index in [1.807, 2.05) is 0 Å². The Balaban J connectivity index is 1.43. The SMILES string of the molecule is COc1cccc([C@H]2C3=CC[C@@H]4C(=O)N(Cc5cccs5)C(=O)[C@@H]4[C@@H]3C[C@@]3(Cl)C(=O)N(c4c(F)c(F)c(F)c(F)c4F)C(=O)[C@@]23Cl)c1O. The van der Waals surface area contributed by atoms with E-state index in [0.717, 1.165) is 9.78 Å². The van der Waals surface area contributed by atoms with Crippen molar-refractivity contribution in [3.05, 3.63) is 86.9 Å². The van der Waals surface area contributed by atoms with Gasteiger partial charge in [-0.25, -0.2) is 26.9 Å². The molecule has 1 aromatic heterocycles. The Morgan fingerprint density at radius 3 is 2.21 bits per heavy atom. The Hall–Kier alpha value is -4.01.